The smallest absolute Gasteiger partial charge is 0.187 e. The maximum absolute atomic E-state index is 5.62. The van der Waals surface area contributed by atoms with Crippen LogP contribution in [0.1, 0.15) is 5.56 Å². The number of nitrogens with two attached hydrogens (primary N) is 1. The van der Waals surface area contributed by atoms with Crippen LogP contribution >= 0.6 is 15.9 Å². The van der Waals surface area contributed by atoms with Crippen molar-refractivity contribution in [1.82, 2.24) is 5.16 Å². The molecule has 1 aromatic heterocycles. The van der Waals surface area contributed by atoms with E-state index in [-0.39, 0.29) is 0 Å². The molecule has 2 rings (SSSR count). The molecular formula is C11H11BrN2O2. The number of ether oxygens (including phenoxy) is 1. The minimum atomic E-state index is 0.332. The standard InChI is InChI=1S/C11H11BrN2O2/c1-6-3-4-8(15-2)7(5-6)10-9(12)11(13)14-16-10/h3-5H,1-2H3,(H2,13,14). The van der Waals surface area contributed by atoms with Crippen LogP contribution < -0.4 is 10.5 Å². The highest BCUT2D eigenvalue weighted by atomic mass is 79.9. The van der Waals surface area contributed by atoms with Gasteiger partial charge in [0, 0.05) is 0 Å². The molecule has 2 aromatic rings. The van der Waals surface area contributed by atoms with Crippen molar-refractivity contribution in [3.63, 3.8) is 0 Å². The molecule has 4 nitrogen and oxygen atoms in total. The fourth-order valence-electron chi connectivity index (χ4n) is 1.46. The molecule has 1 heterocycles. The number of nitrogen functional groups attached to an aromatic ring is 1. The van der Waals surface area contributed by atoms with Crippen molar-refractivity contribution in [3.8, 4) is 17.1 Å². The van der Waals surface area contributed by atoms with Gasteiger partial charge in [-0.1, -0.05) is 16.8 Å². The lowest BCUT2D eigenvalue weighted by atomic mass is 10.1. The molecule has 0 amide bonds. The fourth-order valence-corrected chi connectivity index (χ4v) is 1.82. The Balaban J connectivity index is 2.62. The predicted octanol–water partition coefficient (Wildman–Crippen LogP) is 3.00. The van der Waals surface area contributed by atoms with E-state index in [1.54, 1.807) is 7.11 Å². The Kier molecular flexibility index (Phi) is 2.87. The van der Waals surface area contributed by atoms with Gasteiger partial charge in [0.2, 0.25) is 0 Å². The summed E-state index contributed by atoms with van der Waals surface area (Å²) < 4.78 is 11.1. The molecule has 5 heteroatoms. The van der Waals surface area contributed by atoms with E-state index in [0.717, 1.165) is 16.9 Å². The molecule has 0 saturated carbocycles. The second kappa shape index (κ2) is 4.17. The molecule has 1 aromatic carbocycles. The number of benzene rings is 1. The molecule has 0 fully saturated rings. The van der Waals surface area contributed by atoms with Gasteiger partial charge < -0.3 is 15.0 Å². The summed E-state index contributed by atoms with van der Waals surface area (Å²) in [6.45, 7) is 2.00. The molecule has 0 bridgehead atoms. The van der Waals surface area contributed by atoms with Gasteiger partial charge in [0.1, 0.15) is 10.2 Å². The summed E-state index contributed by atoms with van der Waals surface area (Å²) in [6.07, 6.45) is 0. The largest absolute Gasteiger partial charge is 0.496 e. The van der Waals surface area contributed by atoms with Crippen molar-refractivity contribution in [2.24, 2.45) is 0 Å². The molecule has 16 heavy (non-hydrogen) atoms. The van der Waals surface area contributed by atoms with Crippen LogP contribution in [0.15, 0.2) is 27.2 Å². The van der Waals surface area contributed by atoms with Crippen LogP contribution in [0.4, 0.5) is 5.82 Å². The summed E-state index contributed by atoms with van der Waals surface area (Å²) in [4.78, 5) is 0. The van der Waals surface area contributed by atoms with Gasteiger partial charge in [-0.05, 0) is 35.0 Å². The number of halogens is 1. The molecule has 0 radical (unpaired) electrons. The van der Waals surface area contributed by atoms with Gasteiger partial charge in [-0.3, -0.25) is 0 Å². The first kappa shape index (κ1) is 11.0. The lowest BCUT2D eigenvalue weighted by molar-refractivity contribution is 0.406. The van der Waals surface area contributed by atoms with Crippen molar-refractivity contribution in [1.29, 1.82) is 0 Å². The Morgan fingerprint density at radius 2 is 2.19 bits per heavy atom. The molecule has 0 atom stereocenters. The lowest BCUT2D eigenvalue weighted by Crippen LogP contribution is -1.89. The average Bonchev–Trinajstić information content (AvgIpc) is 2.60. The van der Waals surface area contributed by atoms with Gasteiger partial charge in [0.15, 0.2) is 11.6 Å². The van der Waals surface area contributed by atoms with Crippen molar-refractivity contribution in [2.45, 2.75) is 6.92 Å². The van der Waals surface area contributed by atoms with E-state index in [1.807, 2.05) is 25.1 Å². The number of rotatable bonds is 2. The molecule has 0 aliphatic rings. The van der Waals surface area contributed by atoms with E-state index < -0.39 is 0 Å². The summed E-state index contributed by atoms with van der Waals surface area (Å²) in [5, 5.41) is 3.70. The Labute approximate surface area is 102 Å². The average molecular weight is 283 g/mol. The van der Waals surface area contributed by atoms with Crippen LogP contribution in [0.5, 0.6) is 5.75 Å². The Bertz CT molecular complexity index is 523. The van der Waals surface area contributed by atoms with E-state index in [1.165, 1.54) is 0 Å². The SMILES string of the molecule is COc1ccc(C)cc1-c1onc(N)c1Br. The maximum Gasteiger partial charge on any atom is 0.187 e. The second-order valence-electron chi connectivity index (χ2n) is 3.41. The fraction of sp³-hybridized carbons (Fsp3) is 0.182. The van der Waals surface area contributed by atoms with Crippen LogP contribution in [0.3, 0.4) is 0 Å². The van der Waals surface area contributed by atoms with Crippen molar-refractivity contribution in [2.75, 3.05) is 12.8 Å². The van der Waals surface area contributed by atoms with Gasteiger partial charge >= 0.3 is 0 Å². The second-order valence-corrected chi connectivity index (χ2v) is 4.21. The molecule has 2 N–H and O–H groups in total. The molecule has 0 unspecified atom stereocenters. The van der Waals surface area contributed by atoms with Crippen LogP contribution in [0.25, 0.3) is 11.3 Å². The number of hydrogen-bond donors (Lipinski definition) is 1. The molecule has 0 aliphatic carbocycles. The van der Waals surface area contributed by atoms with E-state index in [0.29, 0.717) is 16.1 Å². The quantitative estimate of drug-likeness (QED) is 0.920. The van der Waals surface area contributed by atoms with E-state index in [4.69, 9.17) is 15.0 Å². The first-order chi connectivity index (χ1) is 7.63. The number of aromatic nitrogens is 1. The van der Waals surface area contributed by atoms with Crippen molar-refractivity contribution < 1.29 is 9.26 Å². The summed E-state index contributed by atoms with van der Waals surface area (Å²) in [6, 6.07) is 5.81. The van der Waals surface area contributed by atoms with Crippen LogP contribution in [-0.4, -0.2) is 12.3 Å². The topological polar surface area (TPSA) is 61.3 Å². The van der Waals surface area contributed by atoms with Gasteiger partial charge in [-0.2, -0.15) is 0 Å². The van der Waals surface area contributed by atoms with Crippen molar-refractivity contribution >= 4 is 21.7 Å². The zero-order valence-electron chi connectivity index (χ0n) is 8.95. The monoisotopic (exact) mass is 282 g/mol. The number of anilines is 1. The number of methoxy groups -OCH3 is 1. The van der Waals surface area contributed by atoms with Crippen LogP contribution in [0.2, 0.25) is 0 Å². The third-order valence-electron chi connectivity index (χ3n) is 2.26. The third kappa shape index (κ3) is 1.78. The van der Waals surface area contributed by atoms with Gasteiger partial charge in [0.05, 0.1) is 12.7 Å². The highest BCUT2D eigenvalue weighted by molar-refractivity contribution is 9.10. The third-order valence-corrected chi connectivity index (χ3v) is 3.03. The zero-order chi connectivity index (χ0) is 11.7. The molecule has 84 valence electrons. The Morgan fingerprint density at radius 1 is 1.44 bits per heavy atom. The zero-order valence-corrected chi connectivity index (χ0v) is 10.5. The molecule has 0 aliphatic heterocycles. The maximum atomic E-state index is 5.62. The number of hydrogen-bond acceptors (Lipinski definition) is 4. The highest BCUT2D eigenvalue weighted by Gasteiger charge is 2.17. The highest BCUT2D eigenvalue weighted by Crippen LogP contribution is 2.38. The van der Waals surface area contributed by atoms with E-state index in [9.17, 15) is 0 Å². The minimum absolute atomic E-state index is 0.332. The number of aryl methyl sites for hydroxylation is 1. The van der Waals surface area contributed by atoms with Crippen LogP contribution in [0, 0.1) is 6.92 Å². The van der Waals surface area contributed by atoms with Crippen LogP contribution in [-0.2, 0) is 0 Å². The number of nitrogens with zero attached hydrogens (tertiary/aromatic N) is 1. The summed E-state index contributed by atoms with van der Waals surface area (Å²) in [5.41, 5.74) is 7.56. The van der Waals surface area contributed by atoms with E-state index >= 15 is 0 Å². The predicted molar refractivity (Wildman–Crippen MR) is 65.3 cm³/mol. The minimum Gasteiger partial charge on any atom is -0.496 e. The molecular weight excluding hydrogens is 272 g/mol. The normalized spacial score (nSPS) is 10.4. The Morgan fingerprint density at radius 3 is 2.75 bits per heavy atom. The molecule has 0 spiro atoms. The van der Waals surface area contributed by atoms with Gasteiger partial charge in [-0.15, -0.1) is 0 Å². The summed E-state index contributed by atoms with van der Waals surface area (Å²) in [7, 11) is 1.61. The van der Waals surface area contributed by atoms with Crippen molar-refractivity contribution in [3.05, 3.63) is 28.2 Å². The van der Waals surface area contributed by atoms with Gasteiger partial charge in [0.25, 0.3) is 0 Å². The van der Waals surface area contributed by atoms with E-state index in [2.05, 4.69) is 21.1 Å². The first-order valence-corrected chi connectivity index (χ1v) is 5.48. The summed E-state index contributed by atoms with van der Waals surface area (Å²) in [5.74, 6) is 1.64. The first-order valence-electron chi connectivity index (χ1n) is 4.69. The van der Waals surface area contributed by atoms with Gasteiger partial charge in [-0.25, -0.2) is 0 Å². The Hall–Kier alpha value is -1.49. The lowest BCUT2D eigenvalue weighted by Gasteiger charge is -2.06. The molecule has 0 saturated heterocycles. The summed E-state index contributed by atoms with van der Waals surface area (Å²) >= 11 is 3.34.